The number of thioether (sulfide) groups is 1. The molecule has 0 aliphatic carbocycles. The van der Waals surface area contributed by atoms with Crippen molar-refractivity contribution in [2.24, 2.45) is 0 Å². The van der Waals surface area contributed by atoms with Crippen LogP contribution in [0.4, 0.5) is 0 Å². The van der Waals surface area contributed by atoms with E-state index in [4.69, 9.17) is 0 Å². The number of hydrogen-bond acceptors (Lipinski definition) is 3. The van der Waals surface area contributed by atoms with Crippen LogP contribution in [-0.4, -0.2) is 31.0 Å². The van der Waals surface area contributed by atoms with E-state index in [2.05, 4.69) is 29.7 Å². The minimum absolute atomic E-state index is 0.0818. The highest BCUT2D eigenvalue weighted by molar-refractivity contribution is 7.99. The number of benzene rings is 1. The Hall–Kier alpha value is -1.00. The smallest absolute Gasteiger partial charge is 0.229 e. The standard InChI is InChI=1S/C13H20N2OS/c1-3-15-12(9-17-10-13(16)14-2)11-7-5-4-6-8-11/h4-8,12,15H,3,9-10H2,1-2H3,(H,14,16). The van der Waals surface area contributed by atoms with Gasteiger partial charge in [0.15, 0.2) is 0 Å². The molecule has 1 rings (SSSR count). The molecular formula is C13H20N2OS. The first-order valence-electron chi connectivity index (χ1n) is 5.84. The first-order chi connectivity index (χ1) is 8.27. The third kappa shape index (κ3) is 5.24. The highest BCUT2D eigenvalue weighted by Crippen LogP contribution is 2.17. The Labute approximate surface area is 107 Å². The van der Waals surface area contributed by atoms with Crippen LogP contribution in [-0.2, 0) is 4.79 Å². The molecule has 0 aliphatic heterocycles. The summed E-state index contributed by atoms with van der Waals surface area (Å²) in [6.45, 7) is 3.03. The highest BCUT2D eigenvalue weighted by atomic mass is 32.2. The van der Waals surface area contributed by atoms with Crippen LogP contribution >= 0.6 is 11.8 Å². The zero-order chi connectivity index (χ0) is 12.5. The maximum Gasteiger partial charge on any atom is 0.229 e. The Morgan fingerprint density at radius 3 is 2.65 bits per heavy atom. The van der Waals surface area contributed by atoms with E-state index < -0.39 is 0 Å². The van der Waals surface area contributed by atoms with Gasteiger partial charge in [-0.2, -0.15) is 11.8 Å². The number of amides is 1. The average molecular weight is 252 g/mol. The lowest BCUT2D eigenvalue weighted by molar-refractivity contribution is -0.118. The van der Waals surface area contributed by atoms with Crippen molar-refractivity contribution >= 4 is 17.7 Å². The number of nitrogens with one attached hydrogen (secondary N) is 2. The molecule has 0 aromatic heterocycles. The zero-order valence-corrected chi connectivity index (χ0v) is 11.2. The molecule has 1 atom stereocenters. The van der Waals surface area contributed by atoms with Crippen molar-refractivity contribution in [2.45, 2.75) is 13.0 Å². The van der Waals surface area contributed by atoms with Crippen LogP contribution in [0.5, 0.6) is 0 Å². The molecular weight excluding hydrogens is 232 g/mol. The lowest BCUT2D eigenvalue weighted by atomic mass is 10.1. The zero-order valence-electron chi connectivity index (χ0n) is 10.4. The lowest BCUT2D eigenvalue weighted by Crippen LogP contribution is -2.25. The highest BCUT2D eigenvalue weighted by Gasteiger charge is 2.10. The molecule has 1 aromatic carbocycles. The van der Waals surface area contributed by atoms with Crippen molar-refractivity contribution in [3.05, 3.63) is 35.9 Å². The SMILES string of the molecule is CCNC(CSCC(=O)NC)c1ccccc1. The van der Waals surface area contributed by atoms with Crippen molar-refractivity contribution in [1.82, 2.24) is 10.6 Å². The van der Waals surface area contributed by atoms with Crippen molar-refractivity contribution in [2.75, 3.05) is 25.1 Å². The van der Waals surface area contributed by atoms with Crippen LogP contribution in [0.15, 0.2) is 30.3 Å². The second-order valence-corrected chi connectivity index (χ2v) is 4.74. The van der Waals surface area contributed by atoms with E-state index in [0.717, 1.165) is 12.3 Å². The van der Waals surface area contributed by atoms with Crippen LogP contribution in [0.3, 0.4) is 0 Å². The van der Waals surface area contributed by atoms with Gasteiger partial charge in [-0.15, -0.1) is 0 Å². The van der Waals surface area contributed by atoms with Crippen LogP contribution < -0.4 is 10.6 Å². The first-order valence-corrected chi connectivity index (χ1v) is 7.00. The maximum absolute atomic E-state index is 11.1. The molecule has 1 unspecified atom stereocenters. The molecule has 94 valence electrons. The Morgan fingerprint density at radius 1 is 1.35 bits per heavy atom. The predicted molar refractivity (Wildman–Crippen MR) is 74.3 cm³/mol. The summed E-state index contributed by atoms with van der Waals surface area (Å²) in [5.41, 5.74) is 1.28. The fourth-order valence-electron chi connectivity index (χ4n) is 1.55. The summed E-state index contributed by atoms with van der Waals surface area (Å²) in [7, 11) is 1.67. The molecule has 0 fully saturated rings. The number of rotatable bonds is 7. The van der Waals surface area contributed by atoms with Gasteiger partial charge in [0, 0.05) is 18.8 Å². The predicted octanol–water partition coefficient (Wildman–Crippen LogP) is 1.82. The largest absolute Gasteiger partial charge is 0.358 e. The quantitative estimate of drug-likeness (QED) is 0.778. The molecule has 0 aliphatic rings. The summed E-state index contributed by atoms with van der Waals surface area (Å²) in [5, 5.41) is 6.07. The molecule has 2 N–H and O–H groups in total. The molecule has 4 heteroatoms. The van der Waals surface area contributed by atoms with E-state index in [1.165, 1.54) is 5.56 Å². The van der Waals surface area contributed by atoms with Crippen molar-refractivity contribution < 1.29 is 4.79 Å². The minimum Gasteiger partial charge on any atom is -0.358 e. The van der Waals surface area contributed by atoms with Gasteiger partial charge in [0.25, 0.3) is 0 Å². The Morgan fingerprint density at radius 2 is 2.06 bits per heavy atom. The van der Waals surface area contributed by atoms with Crippen LogP contribution in [0.25, 0.3) is 0 Å². The molecule has 0 heterocycles. The topological polar surface area (TPSA) is 41.1 Å². The van der Waals surface area contributed by atoms with Gasteiger partial charge < -0.3 is 10.6 Å². The molecule has 1 aromatic rings. The molecule has 0 saturated carbocycles. The van der Waals surface area contributed by atoms with Gasteiger partial charge in [0.05, 0.1) is 5.75 Å². The van der Waals surface area contributed by atoms with Gasteiger partial charge >= 0.3 is 0 Å². The second kappa shape index (κ2) is 8.14. The molecule has 0 saturated heterocycles. The van der Waals surface area contributed by atoms with Crippen molar-refractivity contribution in [3.8, 4) is 0 Å². The van der Waals surface area contributed by atoms with E-state index in [1.54, 1.807) is 18.8 Å². The molecule has 0 bridgehead atoms. The van der Waals surface area contributed by atoms with Gasteiger partial charge in [-0.3, -0.25) is 4.79 Å². The Balaban J connectivity index is 2.47. The summed E-state index contributed by atoms with van der Waals surface area (Å²) in [6, 6.07) is 10.7. The molecule has 1 amide bonds. The van der Waals surface area contributed by atoms with Gasteiger partial charge in [-0.1, -0.05) is 37.3 Å². The van der Waals surface area contributed by atoms with E-state index in [0.29, 0.717) is 11.8 Å². The second-order valence-electron chi connectivity index (χ2n) is 3.71. The third-order valence-electron chi connectivity index (χ3n) is 2.45. The lowest BCUT2D eigenvalue weighted by Gasteiger charge is -2.17. The summed E-state index contributed by atoms with van der Waals surface area (Å²) < 4.78 is 0. The van der Waals surface area contributed by atoms with Crippen LogP contribution in [0, 0.1) is 0 Å². The number of carbonyl (C=O) groups is 1. The Bertz CT molecular complexity index is 329. The van der Waals surface area contributed by atoms with Crippen LogP contribution in [0.1, 0.15) is 18.5 Å². The Kier molecular flexibility index (Phi) is 6.74. The van der Waals surface area contributed by atoms with Crippen LogP contribution in [0.2, 0.25) is 0 Å². The van der Waals surface area contributed by atoms with Crippen molar-refractivity contribution in [3.63, 3.8) is 0 Å². The monoisotopic (exact) mass is 252 g/mol. The summed E-state index contributed by atoms with van der Waals surface area (Å²) >= 11 is 1.65. The number of hydrogen-bond donors (Lipinski definition) is 2. The average Bonchev–Trinajstić information content (AvgIpc) is 2.38. The van der Waals surface area contributed by atoms with E-state index in [-0.39, 0.29) is 5.91 Å². The summed E-state index contributed by atoms with van der Waals surface area (Å²) in [6.07, 6.45) is 0. The normalized spacial score (nSPS) is 12.1. The maximum atomic E-state index is 11.1. The summed E-state index contributed by atoms with van der Waals surface area (Å²) in [5.74, 6) is 1.51. The van der Waals surface area contributed by atoms with Crippen molar-refractivity contribution in [1.29, 1.82) is 0 Å². The van der Waals surface area contributed by atoms with Gasteiger partial charge in [-0.25, -0.2) is 0 Å². The van der Waals surface area contributed by atoms with E-state index in [9.17, 15) is 4.79 Å². The van der Waals surface area contributed by atoms with E-state index in [1.807, 2.05) is 18.2 Å². The van der Waals surface area contributed by atoms with Gasteiger partial charge in [0.2, 0.25) is 5.91 Å². The molecule has 17 heavy (non-hydrogen) atoms. The summed E-state index contributed by atoms with van der Waals surface area (Å²) in [4.78, 5) is 11.1. The first kappa shape index (κ1) is 14.1. The fourth-order valence-corrected chi connectivity index (χ4v) is 2.54. The third-order valence-corrected chi connectivity index (χ3v) is 3.48. The van der Waals surface area contributed by atoms with E-state index >= 15 is 0 Å². The van der Waals surface area contributed by atoms with Gasteiger partial charge in [0.1, 0.15) is 0 Å². The number of carbonyl (C=O) groups excluding carboxylic acids is 1. The molecule has 0 radical (unpaired) electrons. The van der Waals surface area contributed by atoms with Gasteiger partial charge in [-0.05, 0) is 12.1 Å². The molecule has 0 spiro atoms. The minimum atomic E-state index is 0.0818. The molecule has 3 nitrogen and oxygen atoms in total. The fraction of sp³-hybridized carbons (Fsp3) is 0.462.